The van der Waals surface area contributed by atoms with E-state index >= 15 is 0 Å². The Morgan fingerprint density at radius 1 is 1.19 bits per heavy atom. The summed E-state index contributed by atoms with van der Waals surface area (Å²) in [5.41, 5.74) is 2.73. The number of imidazole rings is 1. The molecule has 4 aromatic rings. The average Bonchev–Trinajstić information content (AvgIpc) is 3.06. The van der Waals surface area contributed by atoms with Gasteiger partial charge in [-0.3, -0.25) is 14.2 Å². The van der Waals surface area contributed by atoms with Crippen molar-refractivity contribution in [1.29, 1.82) is 0 Å². The van der Waals surface area contributed by atoms with E-state index < -0.39 is 5.97 Å². The molecule has 1 aromatic carbocycles. The number of benzene rings is 1. The molecule has 0 radical (unpaired) electrons. The van der Waals surface area contributed by atoms with Crippen molar-refractivity contribution in [3.63, 3.8) is 0 Å². The first-order valence-electron chi connectivity index (χ1n) is 8.15. The highest BCUT2D eigenvalue weighted by molar-refractivity contribution is 5.80. The lowest BCUT2D eigenvalue weighted by Crippen LogP contribution is -2.25. The summed E-state index contributed by atoms with van der Waals surface area (Å²) in [7, 11) is 0. The Balaban J connectivity index is 1.48. The van der Waals surface area contributed by atoms with Gasteiger partial charge in [0.15, 0.2) is 0 Å². The molecule has 0 spiro atoms. The molecular weight excluding hydrogens is 332 g/mol. The first-order chi connectivity index (χ1) is 12.6. The smallest absolute Gasteiger partial charge is 0.326 e. The van der Waals surface area contributed by atoms with Crippen molar-refractivity contribution < 1.29 is 9.53 Å². The largest absolute Gasteiger partial charge is 0.458 e. The average molecular weight is 348 g/mol. The fraction of sp³-hybridized carbons (Fsp3) is 0.158. The highest BCUT2D eigenvalue weighted by Crippen LogP contribution is 2.11. The number of hydrogen-bond acceptors (Lipinski definition) is 5. The van der Waals surface area contributed by atoms with E-state index in [0.29, 0.717) is 16.6 Å². The summed E-state index contributed by atoms with van der Waals surface area (Å²) < 4.78 is 8.36. The zero-order valence-electron chi connectivity index (χ0n) is 14.1. The van der Waals surface area contributed by atoms with E-state index in [1.807, 2.05) is 41.8 Å². The molecule has 0 saturated heterocycles. The minimum absolute atomic E-state index is 0.0510. The molecule has 0 amide bonds. The Kier molecular flexibility index (Phi) is 3.96. The second kappa shape index (κ2) is 6.44. The second-order valence-electron chi connectivity index (χ2n) is 6.01. The number of aryl methyl sites for hydroxylation is 1. The molecule has 0 saturated carbocycles. The molecule has 0 fully saturated rings. The molecule has 7 nitrogen and oxygen atoms in total. The van der Waals surface area contributed by atoms with Crippen LogP contribution in [0.15, 0.2) is 59.9 Å². The van der Waals surface area contributed by atoms with Crippen LogP contribution in [0.5, 0.6) is 0 Å². The highest BCUT2D eigenvalue weighted by Gasteiger charge is 2.11. The van der Waals surface area contributed by atoms with Gasteiger partial charge in [-0.1, -0.05) is 18.2 Å². The molecule has 0 aliphatic carbocycles. The van der Waals surface area contributed by atoms with Gasteiger partial charge < -0.3 is 9.14 Å². The molecule has 0 aliphatic rings. The minimum Gasteiger partial charge on any atom is -0.458 e. The molecule has 0 bridgehead atoms. The van der Waals surface area contributed by atoms with Crippen molar-refractivity contribution in [2.45, 2.75) is 20.1 Å². The Bertz CT molecular complexity index is 1140. The van der Waals surface area contributed by atoms with Crippen LogP contribution < -0.4 is 5.56 Å². The highest BCUT2D eigenvalue weighted by atomic mass is 16.5. The predicted molar refractivity (Wildman–Crippen MR) is 95.7 cm³/mol. The molecule has 0 N–H and O–H groups in total. The maximum atomic E-state index is 12.5. The first-order valence-corrected chi connectivity index (χ1v) is 8.15. The van der Waals surface area contributed by atoms with Crippen LogP contribution in [0.2, 0.25) is 0 Å². The van der Waals surface area contributed by atoms with Crippen LogP contribution in [0.1, 0.15) is 11.3 Å². The minimum atomic E-state index is -0.516. The number of aromatic nitrogens is 4. The van der Waals surface area contributed by atoms with Gasteiger partial charge in [0, 0.05) is 12.4 Å². The van der Waals surface area contributed by atoms with Crippen molar-refractivity contribution in [2.24, 2.45) is 0 Å². The van der Waals surface area contributed by atoms with Gasteiger partial charge in [-0.2, -0.15) is 0 Å². The van der Waals surface area contributed by atoms with E-state index in [9.17, 15) is 9.59 Å². The predicted octanol–water partition coefficient (Wildman–Crippen LogP) is 2.10. The normalized spacial score (nSPS) is 11.1. The van der Waals surface area contributed by atoms with E-state index in [-0.39, 0.29) is 18.7 Å². The van der Waals surface area contributed by atoms with Crippen molar-refractivity contribution >= 4 is 22.5 Å². The van der Waals surface area contributed by atoms with E-state index in [4.69, 9.17) is 4.74 Å². The van der Waals surface area contributed by atoms with Gasteiger partial charge in [0.2, 0.25) is 0 Å². The van der Waals surface area contributed by atoms with Gasteiger partial charge >= 0.3 is 5.97 Å². The summed E-state index contributed by atoms with van der Waals surface area (Å²) in [6.07, 6.45) is 5.05. The number of hydrogen-bond donors (Lipinski definition) is 0. The van der Waals surface area contributed by atoms with Crippen molar-refractivity contribution in [1.82, 2.24) is 18.9 Å². The molecule has 3 heterocycles. The molecule has 3 aromatic heterocycles. The number of nitrogens with zero attached hydrogens (tertiary/aromatic N) is 4. The Morgan fingerprint density at radius 2 is 2.08 bits per heavy atom. The molecule has 0 unspecified atom stereocenters. The monoisotopic (exact) mass is 348 g/mol. The lowest BCUT2D eigenvalue weighted by Gasteiger charge is -2.07. The fourth-order valence-corrected chi connectivity index (χ4v) is 2.85. The number of ether oxygens (including phenoxy) is 1. The summed E-state index contributed by atoms with van der Waals surface area (Å²) in [5.74, 6) is -0.516. The number of pyridine rings is 1. The molecule has 0 aliphatic heterocycles. The maximum absolute atomic E-state index is 12.5. The Labute approximate surface area is 148 Å². The number of esters is 1. The van der Waals surface area contributed by atoms with Crippen molar-refractivity contribution in [3.05, 3.63) is 76.7 Å². The third-order valence-corrected chi connectivity index (χ3v) is 4.15. The van der Waals surface area contributed by atoms with E-state index in [2.05, 4.69) is 9.97 Å². The number of carbonyl (C=O) groups excluding carboxylic acids is 1. The third-order valence-electron chi connectivity index (χ3n) is 4.15. The van der Waals surface area contributed by atoms with Crippen molar-refractivity contribution in [3.8, 4) is 0 Å². The lowest BCUT2D eigenvalue weighted by molar-refractivity contribution is -0.145. The summed E-state index contributed by atoms with van der Waals surface area (Å²) in [6.45, 7) is 1.75. The summed E-state index contributed by atoms with van der Waals surface area (Å²) in [5, 5.41) is 0.487. The number of carbonyl (C=O) groups is 1. The topological polar surface area (TPSA) is 78.5 Å². The Hall–Kier alpha value is -3.48. The zero-order valence-corrected chi connectivity index (χ0v) is 14.1. The third kappa shape index (κ3) is 2.95. The molecule has 7 heteroatoms. The SMILES string of the molecule is Cc1cccc2c(=O)n(CC(=O)OCc3cn4ccccc4n3)cnc12. The van der Waals surface area contributed by atoms with E-state index in [1.165, 1.54) is 10.9 Å². The van der Waals surface area contributed by atoms with E-state index in [1.54, 1.807) is 18.3 Å². The van der Waals surface area contributed by atoms with Gasteiger partial charge in [-0.05, 0) is 30.7 Å². The maximum Gasteiger partial charge on any atom is 0.326 e. The summed E-state index contributed by atoms with van der Waals surface area (Å²) >= 11 is 0. The molecule has 0 atom stereocenters. The number of para-hydroxylation sites is 1. The van der Waals surface area contributed by atoms with Crippen molar-refractivity contribution in [2.75, 3.05) is 0 Å². The van der Waals surface area contributed by atoms with Gasteiger partial charge in [0.25, 0.3) is 5.56 Å². The van der Waals surface area contributed by atoms with Crippen LogP contribution in [-0.4, -0.2) is 24.9 Å². The molecule has 130 valence electrons. The lowest BCUT2D eigenvalue weighted by atomic mass is 10.1. The summed E-state index contributed by atoms with van der Waals surface area (Å²) in [6, 6.07) is 11.0. The van der Waals surface area contributed by atoms with Gasteiger partial charge in [-0.15, -0.1) is 0 Å². The first kappa shape index (κ1) is 16.0. The zero-order chi connectivity index (χ0) is 18.1. The van der Waals surface area contributed by atoms with Gasteiger partial charge in [0.05, 0.1) is 22.9 Å². The molecule has 26 heavy (non-hydrogen) atoms. The van der Waals surface area contributed by atoms with Crippen LogP contribution in [0.4, 0.5) is 0 Å². The number of rotatable bonds is 4. The van der Waals surface area contributed by atoms with Crippen LogP contribution in [0.3, 0.4) is 0 Å². The quantitative estimate of drug-likeness (QED) is 0.528. The van der Waals surface area contributed by atoms with Crippen LogP contribution in [-0.2, 0) is 22.7 Å². The molecule has 4 rings (SSSR count). The van der Waals surface area contributed by atoms with Crippen LogP contribution in [0, 0.1) is 6.92 Å². The fourth-order valence-electron chi connectivity index (χ4n) is 2.85. The standard InChI is InChI=1S/C19H16N4O3/c1-13-5-4-6-15-18(13)20-12-23(19(15)25)10-17(24)26-11-14-9-22-8-3-2-7-16(22)21-14/h2-9,12H,10-11H2,1H3. The van der Waals surface area contributed by atoms with Gasteiger partial charge in [-0.25, -0.2) is 9.97 Å². The summed E-state index contributed by atoms with van der Waals surface area (Å²) in [4.78, 5) is 33.3. The van der Waals surface area contributed by atoms with Gasteiger partial charge in [0.1, 0.15) is 18.8 Å². The molecular formula is C19H16N4O3. The van der Waals surface area contributed by atoms with Crippen LogP contribution >= 0.6 is 0 Å². The van der Waals surface area contributed by atoms with E-state index in [0.717, 1.165) is 11.2 Å². The Morgan fingerprint density at radius 3 is 2.92 bits per heavy atom. The number of fused-ring (bicyclic) bond motifs is 2. The second-order valence-corrected chi connectivity index (χ2v) is 6.01. The van der Waals surface area contributed by atoms with Crippen LogP contribution in [0.25, 0.3) is 16.6 Å².